The second-order valence-electron chi connectivity index (χ2n) is 5.58. The van der Waals surface area contributed by atoms with Crippen molar-refractivity contribution in [2.24, 2.45) is 0 Å². The highest BCUT2D eigenvalue weighted by Gasteiger charge is 2.33. The second-order valence-corrected chi connectivity index (χ2v) is 7.81. The van der Waals surface area contributed by atoms with Crippen LogP contribution in [-0.4, -0.2) is 69.6 Å². The number of rotatable bonds is 3. The number of sulfone groups is 1. The van der Waals surface area contributed by atoms with Gasteiger partial charge in [0.15, 0.2) is 9.84 Å². The number of carbonyl (C=O) groups excluding carboxylic acids is 1. The van der Waals surface area contributed by atoms with E-state index in [9.17, 15) is 13.2 Å². The maximum absolute atomic E-state index is 12.4. The van der Waals surface area contributed by atoms with Crippen LogP contribution in [0.2, 0.25) is 0 Å². The Labute approximate surface area is 120 Å². The standard InChI is InChI=1S/C13H24N2O4S/c1-14-12-10-20(17,18)8-6-15(13(12)16)9-11-5-3-2-4-7-19-11/h11-12,14H,2-10H2,1H3. The lowest BCUT2D eigenvalue weighted by atomic mass is 10.1. The van der Waals surface area contributed by atoms with Gasteiger partial charge in [-0.05, 0) is 19.9 Å². The summed E-state index contributed by atoms with van der Waals surface area (Å²) in [5.41, 5.74) is 0. The third-order valence-electron chi connectivity index (χ3n) is 4.00. The Morgan fingerprint density at radius 1 is 1.35 bits per heavy atom. The zero-order valence-electron chi connectivity index (χ0n) is 12.0. The summed E-state index contributed by atoms with van der Waals surface area (Å²) in [7, 11) is -1.53. The van der Waals surface area contributed by atoms with Crippen LogP contribution in [0.25, 0.3) is 0 Å². The first-order valence-electron chi connectivity index (χ1n) is 7.30. The van der Waals surface area contributed by atoms with Gasteiger partial charge in [-0.25, -0.2) is 8.42 Å². The van der Waals surface area contributed by atoms with E-state index >= 15 is 0 Å². The van der Waals surface area contributed by atoms with Gasteiger partial charge in [0.1, 0.15) is 6.04 Å². The van der Waals surface area contributed by atoms with Gasteiger partial charge in [0.2, 0.25) is 5.91 Å². The van der Waals surface area contributed by atoms with E-state index in [1.165, 1.54) is 0 Å². The number of hydrogen-bond donors (Lipinski definition) is 1. The number of amides is 1. The zero-order chi connectivity index (χ0) is 14.6. The molecular formula is C13H24N2O4S. The Bertz CT molecular complexity index is 430. The van der Waals surface area contributed by atoms with Crippen LogP contribution in [0, 0.1) is 0 Å². The molecule has 0 spiro atoms. The third-order valence-corrected chi connectivity index (χ3v) is 5.64. The predicted octanol–water partition coefficient (Wildman–Crippen LogP) is -0.209. The van der Waals surface area contributed by atoms with Crippen LogP contribution in [-0.2, 0) is 19.4 Å². The van der Waals surface area contributed by atoms with Crippen molar-refractivity contribution >= 4 is 15.7 Å². The highest BCUT2D eigenvalue weighted by molar-refractivity contribution is 7.91. The summed E-state index contributed by atoms with van der Waals surface area (Å²) < 4.78 is 29.4. The first-order chi connectivity index (χ1) is 9.52. The number of ether oxygens (including phenoxy) is 1. The Morgan fingerprint density at radius 3 is 2.90 bits per heavy atom. The molecule has 2 rings (SSSR count). The quantitative estimate of drug-likeness (QED) is 0.781. The van der Waals surface area contributed by atoms with Gasteiger partial charge in [0.05, 0.1) is 17.6 Å². The second kappa shape index (κ2) is 6.87. The van der Waals surface area contributed by atoms with Gasteiger partial charge < -0.3 is 15.0 Å². The van der Waals surface area contributed by atoms with Gasteiger partial charge in [-0.1, -0.05) is 12.8 Å². The molecule has 1 amide bonds. The molecule has 7 heteroatoms. The van der Waals surface area contributed by atoms with Crippen molar-refractivity contribution in [1.82, 2.24) is 10.2 Å². The smallest absolute Gasteiger partial charge is 0.240 e. The average molecular weight is 304 g/mol. The molecule has 2 heterocycles. The molecule has 0 aromatic carbocycles. The molecule has 0 bridgehead atoms. The fourth-order valence-electron chi connectivity index (χ4n) is 2.75. The number of hydrogen-bond acceptors (Lipinski definition) is 5. The average Bonchev–Trinajstić information content (AvgIpc) is 2.72. The molecule has 2 aliphatic rings. The van der Waals surface area contributed by atoms with Crippen LogP contribution in [0.4, 0.5) is 0 Å². The van der Waals surface area contributed by atoms with Crippen LogP contribution < -0.4 is 5.32 Å². The minimum atomic E-state index is -3.16. The van der Waals surface area contributed by atoms with Gasteiger partial charge in [0.25, 0.3) is 0 Å². The summed E-state index contributed by atoms with van der Waals surface area (Å²) in [6, 6.07) is -0.631. The number of likely N-dealkylation sites (N-methyl/N-ethyl adjacent to an activating group) is 1. The van der Waals surface area contributed by atoms with Crippen LogP contribution in [0.5, 0.6) is 0 Å². The van der Waals surface area contributed by atoms with E-state index in [1.807, 2.05) is 0 Å². The fraction of sp³-hybridized carbons (Fsp3) is 0.923. The molecule has 0 radical (unpaired) electrons. The molecule has 2 atom stereocenters. The molecule has 2 saturated heterocycles. The van der Waals surface area contributed by atoms with Crippen LogP contribution in [0.3, 0.4) is 0 Å². The van der Waals surface area contributed by atoms with E-state index in [0.29, 0.717) is 6.54 Å². The summed E-state index contributed by atoms with van der Waals surface area (Å²) >= 11 is 0. The molecule has 0 aromatic heterocycles. The maximum atomic E-state index is 12.4. The van der Waals surface area contributed by atoms with Crippen molar-refractivity contribution in [3.63, 3.8) is 0 Å². The van der Waals surface area contributed by atoms with Crippen LogP contribution in [0.15, 0.2) is 0 Å². The molecule has 0 aliphatic carbocycles. The summed E-state index contributed by atoms with van der Waals surface area (Å²) in [6.45, 7) is 1.52. The highest BCUT2D eigenvalue weighted by atomic mass is 32.2. The lowest BCUT2D eigenvalue weighted by Gasteiger charge is -2.27. The van der Waals surface area contributed by atoms with E-state index in [2.05, 4.69) is 5.32 Å². The SMILES string of the molecule is CNC1CS(=O)(=O)CCN(CC2CCCCCO2)C1=O. The summed E-state index contributed by atoms with van der Waals surface area (Å²) in [4.78, 5) is 14.0. The first-order valence-corrected chi connectivity index (χ1v) is 9.12. The van der Waals surface area contributed by atoms with E-state index < -0.39 is 15.9 Å². The summed E-state index contributed by atoms with van der Waals surface area (Å²) in [5, 5.41) is 2.82. The van der Waals surface area contributed by atoms with Gasteiger partial charge >= 0.3 is 0 Å². The fourth-order valence-corrected chi connectivity index (χ4v) is 4.23. The van der Waals surface area contributed by atoms with E-state index in [4.69, 9.17) is 4.74 Å². The topological polar surface area (TPSA) is 75.7 Å². The molecular weight excluding hydrogens is 280 g/mol. The predicted molar refractivity (Wildman–Crippen MR) is 76.3 cm³/mol. The normalized spacial score (nSPS) is 31.6. The van der Waals surface area contributed by atoms with Crippen molar-refractivity contribution in [3.05, 3.63) is 0 Å². The molecule has 2 fully saturated rings. The third kappa shape index (κ3) is 4.17. The lowest BCUT2D eigenvalue weighted by Crippen LogP contribution is -2.48. The monoisotopic (exact) mass is 304 g/mol. The summed E-state index contributed by atoms with van der Waals surface area (Å²) in [6.07, 6.45) is 4.33. The van der Waals surface area contributed by atoms with Gasteiger partial charge in [-0.15, -0.1) is 0 Å². The first kappa shape index (κ1) is 15.7. The van der Waals surface area contributed by atoms with Crippen molar-refractivity contribution in [1.29, 1.82) is 0 Å². The Balaban J connectivity index is 2.03. The molecule has 2 aliphatic heterocycles. The van der Waals surface area contributed by atoms with E-state index in [0.717, 1.165) is 32.3 Å². The Hall–Kier alpha value is -0.660. The van der Waals surface area contributed by atoms with Crippen molar-refractivity contribution in [3.8, 4) is 0 Å². The lowest BCUT2D eigenvalue weighted by molar-refractivity contribution is -0.134. The number of nitrogens with zero attached hydrogens (tertiary/aromatic N) is 1. The van der Waals surface area contributed by atoms with Crippen molar-refractivity contribution < 1.29 is 17.9 Å². The molecule has 1 N–H and O–H groups in total. The molecule has 6 nitrogen and oxygen atoms in total. The zero-order valence-corrected chi connectivity index (χ0v) is 12.8. The Morgan fingerprint density at radius 2 is 2.15 bits per heavy atom. The minimum Gasteiger partial charge on any atom is -0.376 e. The van der Waals surface area contributed by atoms with Crippen LogP contribution in [0.1, 0.15) is 25.7 Å². The minimum absolute atomic E-state index is 0.0414. The van der Waals surface area contributed by atoms with Crippen molar-refractivity contribution in [2.45, 2.75) is 37.8 Å². The maximum Gasteiger partial charge on any atom is 0.240 e. The van der Waals surface area contributed by atoms with Gasteiger partial charge in [0, 0.05) is 19.7 Å². The van der Waals surface area contributed by atoms with Crippen LogP contribution >= 0.6 is 0 Å². The number of carbonyl (C=O) groups is 1. The molecule has 116 valence electrons. The van der Waals surface area contributed by atoms with E-state index in [1.54, 1.807) is 11.9 Å². The molecule has 0 aromatic rings. The van der Waals surface area contributed by atoms with Gasteiger partial charge in [-0.2, -0.15) is 0 Å². The molecule has 2 unspecified atom stereocenters. The molecule has 20 heavy (non-hydrogen) atoms. The summed E-state index contributed by atoms with van der Waals surface area (Å²) in [5.74, 6) is -0.185. The molecule has 0 saturated carbocycles. The van der Waals surface area contributed by atoms with E-state index in [-0.39, 0.29) is 30.1 Å². The van der Waals surface area contributed by atoms with Crippen molar-refractivity contribution in [2.75, 3.05) is 38.2 Å². The highest BCUT2D eigenvalue weighted by Crippen LogP contribution is 2.16. The van der Waals surface area contributed by atoms with Gasteiger partial charge in [-0.3, -0.25) is 4.79 Å². The largest absolute Gasteiger partial charge is 0.376 e. The number of nitrogens with one attached hydrogen (secondary N) is 1. The Kier molecular flexibility index (Phi) is 5.40.